The third kappa shape index (κ3) is 6.28. The quantitative estimate of drug-likeness (QED) is 0.353. The van der Waals surface area contributed by atoms with Crippen LogP contribution >= 0.6 is 0 Å². The minimum Gasteiger partial charge on any atom is -0.489 e. The fraction of sp³-hybridized carbons (Fsp3) is 0.357. The molecule has 3 aromatic rings. The normalized spacial score (nSPS) is 12.6. The van der Waals surface area contributed by atoms with Crippen LogP contribution in [0.3, 0.4) is 0 Å². The van der Waals surface area contributed by atoms with Gasteiger partial charge in [-0.1, -0.05) is 49.4 Å². The molecule has 6 heteroatoms. The van der Waals surface area contributed by atoms with E-state index >= 15 is 0 Å². The molecule has 0 bridgehead atoms. The van der Waals surface area contributed by atoms with Gasteiger partial charge in [-0.25, -0.2) is 9.59 Å². The molecule has 6 nitrogen and oxygen atoms in total. The van der Waals surface area contributed by atoms with Crippen molar-refractivity contribution in [3.8, 4) is 0 Å². The monoisotopic (exact) mass is 464 g/mol. The van der Waals surface area contributed by atoms with Gasteiger partial charge in [-0.05, 0) is 61.2 Å². The first-order valence-electron chi connectivity index (χ1n) is 11.6. The lowest BCUT2D eigenvalue weighted by molar-refractivity contribution is -0.151. The Balaban J connectivity index is 2.12. The van der Waals surface area contributed by atoms with E-state index in [1.54, 1.807) is 40.2 Å². The van der Waals surface area contributed by atoms with Gasteiger partial charge in [0, 0.05) is 10.4 Å². The zero-order valence-corrected chi connectivity index (χ0v) is 20.4. The molecule has 0 spiro atoms. The lowest BCUT2D eigenvalue weighted by atomic mass is 9.96. The van der Waals surface area contributed by atoms with Crippen molar-refractivity contribution in [2.24, 2.45) is 0 Å². The zero-order valence-electron chi connectivity index (χ0n) is 20.4. The summed E-state index contributed by atoms with van der Waals surface area (Å²) in [7, 11) is 0. The Morgan fingerprint density at radius 2 is 1.21 bits per heavy atom. The number of aryl methyl sites for hydroxylation is 1. The number of carbonyl (C=O) groups excluding carboxylic acids is 2. The fourth-order valence-corrected chi connectivity index (χ4v) is 3.75. The third-order valence-electron chi connectivity index (χ3n) is 5.12. The summed E-state index contributed by atoms with van der Waals surface area (Å²) in [5.41, 5.74) is 1.17. The first-order valence-corrected chi connectivity index (χ1v) is 11.6. The van der Waals surface area contributed by atoms with Gasteiger partial charge in [0.05, 0.1) is 24.7 Å². The van der Waals surface area contributed by atoms with Gasteiger partial charge in [0.15, 0.2) is 13.2 Å². The summed E-state index contributed by atoms with van der Waals surface area (Å²) in [4.78, 5) is 23.9. The molecule has 0 heterocycles. The van der Waals surface area contributed by atoms with Crippen molar-refractivity contribution in [2.45, 2.75) is 53.2 Å². The van der Waals surface area contributed by atoms with Crippen molar-refractivity contribution in [3.63, 3.8) is 0 Å². The molecule has 0 aromatic heterocycles. The molecule has 3 aromatic carbocycles. The van der Waals surface area contributed by atoms with Crippen LogP contribution in [0.5, 0.6) is 0 Å². The summed E-state index contributed by atoms with van der Waals surface area (Å²) >= 11 is 0. The van der Waals surface area contributed by atoms with Gasteiger partial charge >= 0.3 is 11.9 Å². The maximum absolute atomic E-state index is 11.9. The van der Waals surface area contributed by atoms with E-state index in [2.05, 4.69) is 19.1 Å². The summed E-state index contributed by atoms with van der Waals surface area (Å²) < 4.78 is 21.6. The molecule has 0 N–H and O–H groups in total. The van der Waals surface area contributed by atoms with Gasteiger partial charge in [0.25, 0.3) is 0 Å². The second-order valence-corrected chi connectivity index (χ2v) is 8.54. The molecule has 0 saturated carbocycles. The van der Waals surface area contributed by atoms with Crippen LogP contribution in [0.2, 0.25) is 0 Å². The van der Waals surface area contributed by atoms with E-state index < -0.39 is 11.9 Å². The Morgan fingerprint density at radius 3 is 1.68 bits per heavy atom. The highest BCUT2D eigenvalue weighted by Crippen LogP contribution is 2.16. The minimum atomic E-state index is -0.417. The number of ether oxygens (including phenoxy) is 4. The molecule has 0 unspecified atom stereocenters. The van der Waals surface area contributed by atoms with Crippen molar-refractivity contribution >= 4 is 46.0 Å². The van der Waals surface area contributed by atoms with E-state index in [0.717, 1.165) is 38.4 Å². The summed E-state index contributed by atoms with van der Waals surface area (Å²) in [6.07, 6.45) is 3.72. The first-order chi connectivity index (χ1) is 16.3. The third-order valence-corrected chi connectivity index (χ3v) is 5.12. The number of rotatable bonds is 9. The van der Waals surface area contributed by atoms with E-state index in [9.17, 15) is 9.59 Å². The van der Waals surface area contributed by atoms with Crippen LogP contribution < -0.4 is 10.4 Å². The molecule has 0 aliphatic carbocycles. The highest BCUT2D eigenvalue weighted by atomic mass is 16.6. The van der Waals surface area contributed by atoms with Crippen LogP contribution in [0.1, 0.15) is 40.2 Å². The molecule has 34 heavy (non-hydrogen) atoms. The number of esters is 2. The average molecular weight is 465 g/mol. The summed E-state index contributed by atoms with van der Waals surface area (Å²) in [5.74, 6) is -0.833. The SMILES string of the molecule is CCc1ccc2c(=COCC(=O)OC(C)C)c3ccccc3c(=COCC(=O)OC(C)C)c2c1. The van der Waals surface area contributed by atoms with E-state index in [1.807, 2.05) is 30.3 Å². The highest BCUT2D eigenvalue weighted by molar-refractivity contribution is 6.00. The molecular formula is C28H32O6. The average Bonchev–Trinajstić information content (AvgIpc) is 2.78. The zero-order chi connectivity index (χ0) is 24.7. The maximum atomic E-state index is 11.9. The number of hydrogen-bond acceptors (Lipinski definition) is 6. The number of benzene rings is 3. The molecule has 0 radical (unpaired) electrons. The van der Waals surface area contributed by atoms with Gasteiger partial charge in [-0.2, -0.15) is 0 Å². The Kier molecular flexibility index (Phi) is 8.52. The molecule has 0 saturated heterocycles. The van der Waals surface area contributed by atoms with Gasteiger partial charge in [0.1, 0.15) is 0 Å². The molecule has 0 aliphatic rings. The van der Waals surface area contributed by atoms with Gasteiger partial charge in [0.2, 0.25) is 0 Å². The van der Waals surface area contributed by atoms with Crippen molar-refractivity contribution in [3.05, 3.63) is 58.5 Å². The van der Waals surface area contributed by atoms with E-state index in [-0.39, 0.29) is 25.4 Å². The van der Waals surface area contributed by atoms with Gasteiger partial charge in [-0.15, -0.1) is 0 Å². The molecule has 0 atom stereocenters. The Morgan fingerprint density at radius 1 is 0.735 bits per heavy atom. The minimum absolute atomic E-state index is 0.170. The predicted molar refractivity (Wildman–Crippen MR) is 133 cm³/mol. The molecule has 3 rings (SSSR count). The lowest BCUT2D eigenvalue weighted by Crippen LogP contribution is -2.19. The highest BCUT2D eigenvalue weighted by Gasteiger charge is 2.10. The maximum Gasteiger partial charge on any atom is 0.344 e. The van der Waals surface area contributed by atoms with Crippen LogP contribution in [0.25, 0.3) is 34.1 Å². The van der Waals surface area contributed by atoms with Gasteiger partial charge < -0.3 is 18.9 Å². The van der Waals surface area contributed by atoms with E-state index in [4.69, 9.17) is 18.9 Å². The fourth-order valence-electron chi connectivity index (χ4n) is 3.75. The Bertz CT molecular complexity index is 1290. The van der Waals surface area contributed by atoms with E-state index in [1.165, 1.54) is 5.56 Å². The molecule has 180 valence electrons. The van der Waals surface area contributed by atoms with Crippen LogP contribution in [0.4, 0.5) is 0 Å². The molecule has 0 amide bonds. The van der Waals surface area contributed by atoms with Gasteiger partial charge in [-0.3, -0.25) is 0 Å². The number of fused-ring (bicyclic) bond motifs is 2. The van der Waals surface area contributed by atoms with Crippen molar-refractivity contribution < 1.29 is 28.5 Å². The number of hydrogen-bond donors (Lipinski definition) is 0. The number of carbonyl (C=O) groups is 2. The second kappa shape index (κ2) is 11.5. The first kappa shape index (κ1) is 25.1. The second-order valence-electron chi connectivity index (χ2n) is 8.54. The van der Waals surface area contributed by atoms with Crippen LogP contribution in [0.15, 0.2) is 42.5 Å². The van der Waals surface area contributed by atoms with Crippen LogP contribution in [-0.2, 0) is 35.0 Å². The molecular weight excluding hydrogens is 432 g/mol. The standard InChI is InChI=1S/C28H32O6/c1-6-20-11-12-23-24(13-20)26(15-32-17-28(30)34-19(4)5)22-10-8-7-9-21(22)25(23)14-31-16-27(29)33-18(2)3/h7-15,18-19H,6,16-17H2,1-5H3. The van der Waals surface area contributed by atoms with Crippen LogP contribution in [0, 0.1) is 0 Å². The molecule has 0 fully saturated rings. The van der Waals surface area contributed by atoms with E-state index in [0.29, 0.717) is 0 Å². The predicted octanol–water partition coefficient (Wildman–Crippen LogP) is 3.97. The topological polar surface area (TPSA) is 71.1 Å². The molecule has 0 aliphatic heterocycles. The summed E-state index contributed by atoms with van der Waals surface area (Å²) in [5, 5.41) is 5.54. The van der Waals surface area contributed by atoms with Crippen molar-refractivity contribution in [1.82, 2.24) is 0 Å². The largest absolute Gasteiger partial charge is 0.489 e. The van der Waals surface area contributed by atoms with Crippen LogP contribution in [-0.4, -0.2) is 37.4 Å². The van der Waals surface area contributed by atoms with Crippen molar-refractivity contribution in [1.29, 1.82) is 0 Å². The summed E-state index contributed by atoms with van der Waals surface area (Å²) in [6, 6.07) is 14.1. The smallest absolute Gasteiger partial charge is 0.344 e. The van der Waals surface area contributed by atoms with Crippen molar-refractivity contribution in [2.75, 3.05) is 13.2 Å². The summed E-state index contributed by atoms with van der Waals surface area (Å²) in [6.45, 7) is 8.96. The Labute approximate surface area is 199 Å². The lowest BCUT2D eigenvalue weighted by Gasteiger charge is -2.11. The Hall–Kier alpha value is -3.54.